The lowest BCUT2D eigenvalue weighted by Crippen LogP contribution is -2.28. The molecule has 1 aromatic rings. The molecule has 122 valence electrons. The monoisotopic (exact) mass is 402 g/mol. The van der Waals surface area contributed by atoms with E-state index in [1.165, 1.54) is 18.2 Å². The molecule has 1 aromatic carbocycles. The zero-order valence-corrected chi connectivity index (χ0v) is 13.5. The molecule has 0 fully saturated rings. The third-order valence-electron chi connectivity index (χ3n) is 2.14. The van der Waals surface area contributed by atoms with Crippen LogP contribution in [0.15, 0.2) is 28.7 Å². The molecule has 0 aromatic heterocycles. The maximum atomic E-state index is 12.2. The highest BCUT2D eigenvalue weighted by atomic mass is 79.9. The van der Waals surface area contributed by atoms with E-state index < -0.39 is 27.3 Å². The maximum absolute atomic E-state index is 12.2. The molecule has 0 saturated carbocycles. The molecule has 0 radical (unpaired) electrons. The zero-order valence-electron chi connectivity index (χ0n) is 11.1. The van der Waals surface area contributed by atoms with Crippen LogP contribution in [0.5, 0.6) is 5.75 Å². The van der Waals surface area contributed by atoms with Crippen LogP contribution in [-0.2, 0) is 19.6 Å². The molecule has 0 spiro atoms. The van der Waals surface area contributed by atoms with Crippen LogP contribution < -0.4 is 4.18 Å². The number of carbonyl (C=O) groups is 1. The van der Waals surface area contributed by atoms with Crippen LogP contribution in [0.1, 0.15) is 12.5 Å². The maximum Gasteiger partial charge on any atom is 0.534 e. The lowest BCUT2D eigenvalue weighted by Gasteiger charge is -2.10. The Hall–Kier alpha value is -1.55. The average Bonchev–Trinajstić information content (AvgIpc) is 2.38. The quantitative estimate of drug-likeness (QED) is 0.327. The largest absolute Gasteiger partial charge is 0.534 e. The fourth-order valence-corrected chi connectivity index (χ4v) is 2.27. The van der Waals surface area contributed by atoms with Gasteiger partial charge in [0, 0.05) is 6.08 Å². The number of rotatable bonds is 5. The van der Waals surface area contributed by atoms with Crippen molar-refractivity contribution in [3.63, 3.8) is 0 Å². The Morgan fingerprint density at radius 1 is 1.36 bits per heavy atom. The molecule has 0 atom stereocenters. The van der Waals surface area contributed by atoms with E-state index >= 15 is 0 Å². The Balaban J connectivity index is 2.94. The van der Waals surface area contributed by atoms with Gasteiger partial charge in [-0.2, -0.15) is 21.6 Å². The third kappa shape index (κ3) is 5.02. The molecular formula is C12H10BrF3O5S. The summed E-state index contributed by atoms with van der Waals surface area (Å²) in [5, 5.41) is 0. The minimum Gasteiger partial charge on any atom is -0.463 e. The number of hydrogen-bond donors (Lipinski definition) is 0. The lowest BCUT2D eigenvalue weighted by molar-refractivity contribution is -0.137. The van der Waals surface area contributed by atoms with E-state index in [0.29, 0.717) is 5.56 Å². The average molecular weight is 403 g/mol. The number of hydrogen-bond acceptors (Lipinski definition) is 5. The van der Waals surface area contributed by atoms with Crippen molar-refractivity contribution in [1.29, 1.82) is 0 Å². The van der Waals surface area contributed by atoms with E-state index in [2.05, 4.69) is 24.8 Å². The Morgan fingerprint density at radius 2 is 2.00 bits per heavy atom. The Kier molecular flexibility index (Phi) is 6.00. The van der Waals surface area contributed by atoms with Gasteiger partial charge in [-0.05, 0) is 46.6 Å². The number of carbonyl (C=O) groups excluding carboxylic acids is 1. The van der Waals surface area contributed by atoms with Gasteiger partial charge in [-0.15, -0.1) is 0 Å². The molecule has 0 aliphatic heterocycles. The minimum atomic E-state index is -5.74. The van der Waals surface area contributed by atoms with Crippen LogP contribution in [-0.4, -0.2) is 26.5 Å². The van der Waals surface area contributed by atoms with Gasteiger partial charge in [0.2, 0.25) is 0 Å². The molecular weight excluding hydrogens is 393 g/mol. The van der Waals surface area contributed by atoms with Crippen molar-refractivity contribution in [3.8, 4) is 5.75 Å². The van der Waals surface area contributed by atoms with Crippen molar-refractivity contribution in [3.05, 3.63) is 34.3 Å². The molecule has 0 aliphatic carbocycles. The molecule has 0 saturated heterocycles. The van der Waals surface area contributed by atoms with Crippen molar-refractivity contribution in [2.45, 2.75) is 12.4 Å². The predicted octanol–water partition coefficient (Wildman–Crippen LogP) is 3.25. The second-order valence-electron chi connectivity index (χ2n) is 3.76. The van der Waals surface area contributed by atoms with Crippen molar-refractivity contribution < 1.29 is 35.3 Å². The van der Waals surface area contributed by atoms with Crippen LogP contribution >= 0.6 is 15.9 Å². The molecule has 0 heterocycles. The van der Waals surface area contributed by atoms with Crippen molar-refractivity contribution >= 4 is 38.1 Å². The van der Waals surface area contributed by atoms with Gasteiger partial charge >= 0.3 is 21.6 Å². The molecule has 0 aliphatic rings. The van der Waals surface area contributed by atoms with Gasteiger partial charge in [0.15, 0.2) is 5.75 Å². The van der Waals surface area contributed by atoms with E-state index in [-0.39, 0.29) is 11.1 Å². The molecule has 10 heteroatoms. The molecule has 0 N–H and O–H groups in total. The van der Waals surface area contributed by atoms with Crippen LogP contribution in [0.3, 0.4) is 0 Å². The van der Waals surface area contributed by atoms with Gasteiger partial charge in [-0.25, -0.2) is 4.79 Å². The van der Waals surface area contributed by atoms with Gasteiger partial charge in [0.05, 0.1) is 11.1 Å². The summed E-state index contributed by atoms with van der Waals surface area (Å²) in [5.41, 5.74) is -5.09. The predicted molar refractivity (Wildman–Crippen MR) is 75.4 cm³/mol. The first-order chi connectivity index (χ1) is 10.1. The van der Waals surface area contributed by atoms with E-state index in [9.17, 15) is 26.4 Å². The normalized spacial score (nSPS) is 12.4. The Morgan fingerprint density at radius 3 is 2.50 bits per heavy atom. The fourth-order valence-electron chi connectivity index (χ4n) is 1.21. The van der Waals surface area contributed by atoms with Crippen LogP contribution in [0.25, 0.3) is 6.08 Å². The first kappa shape index (κ1) is 18.5. The summed E-state index contributed by atoms with van der Waals surface area (Å²) in [6.07, 6.45) is 2.48. The second-order valence-corrected chi connectivity index (χ2v) is 6.15. The first-order valence-corrected chi connectivity index (χ1v) is 7.92. The summed E-state index contributed by atoms with van der Waals surface area (Å²) < 4.78 is 67.1. The minimum absolute atomic E-state index is 0.0219. The van der Waals surface area contributed by atoms with E-state index in [1.807, 2.05) is 0 Å². The number of halogens is 4. The Bertz CT molecular complexity index is 682. The fraction of sp³-hybridized carbons (Fsp3) is 0.250. The van der Waals surface area contributed by atoms with Gasteiger partial charge in [-0.3, -0.25) is 0 Å². The second kappa shape index (κ2) is 7.14. The van der Waals surface area contributed by atoms with E-state index in [4.69, 9.17) is 0 Å². The highest BCUT2D eigenvalue weighted by Gasteiger charge is 2.48. The molecule has 0 amide bonds. The first-order valence-electron chi connectivity index (χ1n) is 5.72. The molecule has 0 unspecified atom stereocenters. The highest BCUT2D eigenvalue weighted by Crippen LogP contribution is 2.32. The molecule has 5 nitrogen and oxygen atoms in total. The SMILES string of the molecule is CCOC(=O)/C=C/c1ccc(OS(=O)(=O)C(F)(F)F)c(Br)c1. The van der Waals surface area contributed by atoms with Crippen molar-refractivity contribution in [2.75, 3.05) is 6.61 Å². The topological polar surface area (TPSA) is 69.7 Å². The standard InChI is InChI=1S/C12H10BrF3O5S/c1-2-20-11(17)6-4-8-3-5-10(9(13)7-8)21-22(18,19)12(14,15)16/h3-7H,2H2,1H3/b6-4+. The summed E-state index contributed by atoms with van der Waals surface area (Å²) in [6, 6.07) is 3.59. The van der Waals surface area contributed by atoms with Crippen molar-refractivity contribution in [2.24, 2.45) is 0 Å². The summed E-state index contributed by atoms with van der Waals surface area (Å²) in [6.45, 7) is 1.84. The highest BCUT2D eigenvalue weighted by molar-refractivity contribution is 9.10. The number of ether oxygens (including phenoxy) is 1. The summed E-state index contributed by atoms with van der Waals surface area (Å²) >= 11 is 2.90. The third-order valence-corrected chi connectivity index (χ3v) is 3.72. The number of esters is 1. The summed E-state index contributed by atoms with van der Waals surface area (Å²) in [5.74, 6) is -1.11. The Labute approximate surface area is 133 Å². The van der Waals surface area contributed by atoms with Crippen LogP contribution in [0.4, 0.5) is 13.2 Å². The lowest BCUT2D eigenvalue weighted by atomic mass is 10.2. The summed E-state index contributed by atoms with van der Waals surface area (Å²) in [4.78, 5) is 11.1. The van der Waals surface area contributed by atoms with Gasteiger partial charge in [0.25, 0.3) is 0 Å². The van der Waals surface area contributed by atoms with Gasteiger partial charge in [0.1, 0.15) is 0 Å². The summed E-state index contributed by atoms with van der Waals surface area (Å²) in [7, 11) is -5.74. The molecule has 0 bridgehead atoms. The molecule has 22 heavy (non-hydrogen) atoms. The van der Waals surface area contributed by atoms with E-state index in [0.717, 1.165) is 12.1 Å². The van der Waals surface area contributed by atoms with Gasteiger partial charge in [-0.1, -0.05) is 6.07 Å². The van der Waals surface area contributed by atoms with E-state index in [1.54, 1.807) is 6.92 Å². The van der Waals surface area contributed by atoms with Crippen LogP contribution in [0, 0.1) is 0 Å². The molecule has 1 rings (SSSR count). The number of benzene rings is 1. The van der Waals surface area contributed by atoms with Crippen LogP contribution in [0.2, 0.25) is 0 Å². The van der Waals surface area contributed by atoms with Crippen molar-refractivity contribution in [1.82, 2.24) is 0 Å². The van der Waals surface area contributed by atoms with Gasteiger partial charge < -0.3 is 8.92 Å². The number of alkyl halides is 3. The smallest absolute Gasteiger partial charge is 0.463 e. The zero-order chi connectivity index (χ0) is 17.0.